The lowest BCUT2D eigenvalue weighted by Crippen LogP contribution is -2.47. The molecule has 0 aromatic rings. The minimum atomic E-state index is -0.790. The maximum absolute atomic E-state index is 9.24. The highest BCUT2D eigenvalue weighted by atomic mass is 16.7. The fourth-order valence-corrected chi connectivity index (χ4v) is 1.18. The molecule has 1 aliphatic heterocycles. The van der Waals surface area contributed by atoms with Crippen molar-refractivity contribution in [1.29, 1.82) is 0 Å². The van der Waals surface area contributed by atoms with Crippen LogP contribution in [0.5, 0.6) is 0 Å². The number of hydrogen-bond acceptors (Lipinski definition) is 4. The van der Waals surface area contributed by atoms with E-state index < -0.39 is 12.2 Å². The Kier molecular flexibility index (Phi) is 2.84. The predicted octanol–water partition coefficient (Wildman–Crippen LogP) is -0.510. The van der Waals surface area contributed by atoms with Crippen molar-refractivity contribution in [3.63, 3.8) is 0 Å². The van der Waals surface area contributed by atoms with Crippen molar-refractivity contribution in [3.8, 4) is 0 Å². The van der Waals surface area contributed by atoms with Crippen LogP contribution in [0.2, 0.25) is 0 Å². The number of methoxy groups -OCH3 is 1. The van der Waals surface area contributed by atoms with Gasteiger partial charge in [0, 0.05) is 13.5 Å². The second-order valence-corrected chi connectivity index (χ2v) is 2.80. The van der Waals surface area contributed by atoms with Gasteiger partial charge in [-0.05, 0) is 6.92 Å². The Hall–Kier alpha value is -0.160. The molecule has 1 fully saturated rings. The smallest absolute Gasteiger partial charge is 0.160 e. The number of hydrogen-bond donors (Lipinski definition) is 2. The number of ether oxygens (including phenoxy) is 2. The summed E-state index contributed by atoms with van der Waals surface area (Å²) in [6.07, 6.45) is -1.93. The summed E-state index contributed by atoms with van der Waals surface area (Å²) in [4.78, 5) is 0. The molecule has 0 amide bonds. The highest BCUT2D eigenvalue weighted by Gasteiger charge is 2.33. The zero-order valence-electron chi connectivity index (χ0n) is 6.73. The molecule has 1 aliphatic rings. The van der Waals surface area contributed by atoms with E-state index >= 15 is 0 Å². The number of rotatable bonds is 1. The molecule has 0 saturated carbocycles. The molecule has 0 aliphatic carbocycles. The van der Waals surface area contributed by atoms with Crippen molar-refractivity contribution in [1.82, 2.24) is 0 Å². The lowest BCUT2D eigenvalue weighted by molar-refractivity contribution is -0.237. The second kappa shape index (κ2) is 3.49. The normalized spacial score (nSPS) is 45.8. The van der Waals surface area contributed by atoms with Crippen LogP contribution < -0.4 is 0 Å². The van der Waals surface area contributed by atoms with E-state index in [0.717, 1.165) is 0 Å². The highest BCUT2D eigenvalue weighted by molar-refractivity contribution is 4.79. The van der Waals surface area contributed by atoms with Crippen LogP contribution in [-0.2, 0) is 9.47 Å². The van der Waals surface area contributed by atoms with Crippen LogP contribution >= 0.6 is 0 Å². The van der Waals surface area contributed by atoms with Crippen LogP contribution in [0, 0.1) is 0 Å². The summed E-state index contributed by atoms with van der Waals surface area (Å²) < 4.78 is 10.1. The van der Waals surface area contributed by atoms with Gasteiger partial charge in [-0.3, -0.25) is 0 Å². The Balaban J connectivity index is 2.47. The monoisotopic (exact) mass is 162 g/mol. The van der Waals surface area contributed by atoms with Gasteiger partial charge in [-0.1, -0.05) is 0 Å². The van der Waals surface area contributed by atoms with Crippen LogP contribution in [0.1, 0.15) is 13.3 Å². The van der Waals surface area contributed by atoms with Crippen molar-refractivity contribution >= 4 is 0 Å². The summed E-state index contributed by atoms with van der Waals surface area (Å²) >= 11 is 0. The third-order valence-electron chi connectivity index (χ3n) is 1.94. The lowest BCUT2D eigenvalue weighted by Gasteiger charge is -2.34. The molecule has 1 heterocycles. The van der Waals surface area contributed by atoms with E-state index in [9.17, 15) is 10.2 Å². The fourth-order valence-electron chi connectivity index (χ4n) is 1.18. The Morgan fingerprint density at radius 2 is 2.09 bits per heavy atom. The van der Waals surface area contributed by atoms with Crippen molar-refractivity contribution in [2.75, 3.05) is 7.11 Å². The molecule has 11 heavy (non-hydrogen) atoms. The third-order valence-corrected chi connectivity index (χ3v) is 1.94. The van der Waals surface area contributed by atoms with Crippen LogP contribution in [0.3, 0.4) is 0 Å². The van der Waals surface area contributed by atoms with Gasteiger partial charge in [0.15, 0.2) is 6.29 Å². The first-order valence-electron chi connectivity index (χ1n) is 3.69. The average Bonchev–Trinajstić information content (AvgIpc) is 1.99. The summed E-state index contributed by atoms with van der Waals surface area (Å²) in [5.74, 6) is 0. The first-order chi connectivity index (χ1) is 5.15. The first kappa shape index (κ1) is 8.93. The molecular weight excluding hydrogens is 148 g/mol. The molecule has 0 spiro atoms. The summed E-state index contributed by atoms with van der Waals surface area (Å²) in [7, 11) is 1.52. The van der Waals surface area contributed by atoms with Gasteiger partial charge in [-0.15, -0.1) is 0 Å². The molecule has 0 bridgehead atoms. The minimum Gasteiger partial charge on any atom is -0.390 e. The van der Waals surface area contributed by atoms with Gasteiger partial charge in [-0.2, -0.15) is 0 Å². The van der Waals surface area contributed by atoms with E-state index in [1.807, 2.05) is 0 Å². The van der Waals surface area contributed by atoms with E-state index in [4.69, 9.17) is 9.47 Å². The molecule has 0 aromatic carbocycles. The van der Waals surface area contributed by atoms with E-state index in [2.05, 4.69) is 0 Å². The molecule has 0 unspecified atom stereocenters. The Labute approximate surface area is 65.7 Å². The zero-order chi connectivity index (χ0) is 8.43. The largest absolute Gasteiger partial charge is 0.390 e. The Morgan fingerprint density at radius 1 is 1.45 bits per heavy atom. The van der Waals surface area contributed by atoms with E-state index in [0.29, 0.717) is 6.42 Å². The van der Waals surface area contributed by atoms with Crippen LogP contribution in [0.4, 0.5) is 0 Å². The molecule has 66 valence electrons. The second-order valence-electron chi connectivity index (χ2n) is 2.80. The number of aliphatic hydroxyl groups is 2. The lowest BCUT2D eigenvalue weighted by atomic mass is 10.0. The van der Waals surface area contributed by atoms with Gasteiger partial charge in [-0.25, -0.2) is 0 Å². The maximum Gasteiger partial charge on any atom is 0.160 e. The van der Waals surface area contributed by atoms with Crippen molar-refractivity contribution in [2.24, 2.45) is 0 Å². The molecule has 2 N–H and O–H groups in total. The molecule has 0 radical (unpaired) electrons. The highest BCUT2D eigenvalue weighted by Crippen LogP contribution is 2.19. The minimum absolute atomic E-state index is 0.335. The maximum atomic E-state index is 9.24. The third kappa shape index (κ3) is 1.90. The van der Waals surface area contributed by atoms with Gasteiger partial charge in [0.05, 0.1) is 12.2 Å². The summed E-state index contributed by atoms with van der Waals surface area (Å²) in [5.41, 5.74) is 0. The van der Waals surface area contributed by atoms with Crippen LogP contribution in [0.25, 0.3) is 0 Å². The van der Waals surface area contributed by atoms with Gasteiger partial charge in [0.25, 0.3) is 0 Å². The quantitative estimate of drug-likeness (QED) is 0.545. The summed E-state index contributed by atoms with van der Waals surface area (Å²) in [5, 5.41) is 18.5. The van der Waals surface area contributed by atoms with E-state index in [-0.39, 0.29) is 12.4 Å². The van der Waals surface area contributed by atoms with E-state index in [1.54, 1.807) is 6.92 Å². The standard InChI is InChI=1S/C7H14O4/c1-4-7(9)5(8)3-6(10-2)11-4/h4-9H,3H2,1-2H3/t4-,5+,6+,7-/m1/s1. The summed E-state index contributed by atoms with van der Waals surface area (Å²) in [6, 6.07) is 0. The SMILES string of the molecule is CO[C@@H]1C[C@H](O)[C@H](O)[C@@H](C)O1. The van der Waals surface area contributed by atoms with Crippen molar-refractivity contribution in [2.45, 2.75) is 37.9 Å². The molecule has 1 saturated heterocycles. The topological polar surface area (TPSA) is 58.9 Å². The molecule has 4 atom stereocenters. The van der Waals surface area contributed by atoms with Crippen LogP contribution in [-0.4, -0.2) is 41.9 Å². The van der Waals surface area contributed by atoms with Crippen molar-refractivity contribution < 1.29 is 19.7 Å². The van der Waals surface area contributed by atoms with Crippen molar-refractivity contribution in [3.05, 3.63) is 0 Å². The molecule has 4 nitrogen and oxygen atoms in total. The fraction of sp³-hybridized carbons (Fsp3) is 1.00. The zero-order valence-corrected chi connectivity index (χ0v) is 6.73. The van der Waals surface area contributed by atoms with Crippen LogP contribution in [0.15, 0.2) is 0 Å². The summed E-state index contributed by atoms with van der Waals surface area (Å²) in [6.45, 7) is 1.71. The van der Waals surface area contributed by atoms with Gasteiger partial charge in [0.1, 0.15) is 6.10 Å². The Morgan fingerprint density at radius 3 is 2.55 bits per heavy atom. The van der Waals surface area contributed by atoms with Gasteiger partial charge in [0.2, 0.25) is 0 Å². The van der Waals surface area contributed by atoms with E-state index in [1.165, 1.54) is 7.11 Å². The molecule has 4 heteroatoms. The van der Waals surface area contributed by atoms with Gasteiger partial charge >= 0.3 is 0 Å². The molecule has 1 rings (SSSR count). The molecule has 0 aromatic heterocycles. The number of aliphatic hydroxyl groups excluding tert-OH is 2. The average molecular weight is 162 g/mol. The van der Waals surface area contributed by atoms with Gasteiger partial charge < -0.3 is 19.7 Å². The predicted molar refractivity (Wildman–Crippen MR) is 38.0 cm³/mol. The molecular formula is C7H14O4. The Bertz CT molecular complexity index is 116. The first-order valence-corrected chi connectivity index (χ1v) is 3.69.